The second-order valence-corrected chi connectivity index (χ2v) is 11.1. The van der Waals surface area contributed by atoms with Crippen molar-refractivity contribution in [3.05, 3.63) is 65.4 Å². The number of nitrogens with one attached hydrogen (secondary N) is 1. The number of amides is 2. The second kappa shape index (κ2) is 9.53. The van der Waals surface area contributed by atoms with E-state index in [4.69, 9.17) is 4.74 Å². The molecule has 0 bridgehead atoms. The summed E-state index contributed by atoms with van der Waals surface area (Å²) in [5, 5.41) is 6.91. The van der Waals surface area contributed by atoms with Crippen molar-refractivity contribution in [3.8, 4) is 11.5 Å². The van der Waals surface area contributed by atoms with Crippen LogP contribution in [-0.4, -0.2) is 54.3 Å². The van der Waals surface area contributed by atoms with E-state index in [9.17, 15) is 18.0 Å². The Kier molecular flexibility index (Phi) is 6.66. The van der Waals surface area contributed by atoms with Gasteiger partial charge in [0.1, 0.15) is 11.5 Å². The topological polar surface area (TPSA) is 111 Å². The minimum absolute atomic E-state index is 0.148. The van der Waals surface area contributed by atoms with Gasteiger partial charge in [0.15, 0.2) is 15.7 Å². The SMILES string of the molecule is CC(C)CN1CCc2c(Oc3ccc(S(C)(=O)=O)cc3)cc(C(=O)Nc3ccn(C)n3)cc2C1=O. The molecule has 1 aliphatic rings. The summed E-state index contributed by atoms with van der Waals surface area (Å²) in [5.41, 5.74) is 1.40. The highest BCUT2D eigenvalue weighted by molar-refractivity contribution is 7.90. The number of hydrogen-bond donors (Lipinski definition) is 1. The molecule has 0 atom stereocenters. The van der Waals surface area contributed by atoms with Crippen LogP contribution in [0.1, 0.15) is 40.1 Å². The van der Waals surface area contributed by atoms with E-state index < -0.39 is 15.7 Å². The van der Waals surface area contributed by atoms with Gasteiger partial charge in [0.2, 0.25) is 0 Å². The molecule has 1 aromatic heterocycles. The molecule has 10 heteroatoms. The molecular weight excluding hydrogens is 468 g/mol. The van der Waals surface area contributed by atoms with Crippen LogP contribution in [0.25, 0.3) is 0 Å². The van der Waals surface area contributed by atoms with Crippen molar-refractivity contribution in [2.75, 3.05) is 24.7 Å². The molecule has 1 aliphatic heterocycles. The Morgan fingerprint density at radius 3 is 2.49 bits per heavy atom. The van der Waals surface area contributed by atoms with Gasteiger partial charge in [-0.2, -0.15) is 5.10 Å². The molecule has 2 amide bonds. The second-order valence-electron chi connectivity index (χ2n) is 9.07. The van der Waals surface area contributed by atoms with Crippen molar-refractivity contribution >= 4 is 27.5 Å². The largest absolute Gasteiger partial charge is 0.457 e. The van der Waals surface area contributed by atoms with Crippen LogP contribution in [0, 0.1) is 5.92 Å². The minimum atomic E-state index is -3.34. The smallest absolute Gasteiger partial charge is 0.257 e. The highest BCUT2D eigenvalue weighted by Crippen LogP contribution is 2.34. The van der Waals surface area contributed by atoms with Crippen LogP contribution in [0.3, 0.4) is 0 Å². The molecule has 1 N–H and O–H groups in total. The quantitative estimate of drug-likeness (QED) is 0.536. The van der Waals surface area contributed by atoms with Crippen LogP contribution in [0.5, 0.6) is 11.5 Å². The average Bonchev–Trinajstić information content (AvgIpc) is 3.19. The van der Waals surface area contributed by atoms with Crippen molar-refractivity contribution in [2.45, 2.75) is 25.2 Å². The zero-order chi connectivity index (χ0) is 25.3. The normalized spacial score (nSPS) is 13.6. The van der Waals surface area contributed by atoms with Gasteiger partial charge in [-0.15, -0.1) is 0 Å². The maximum atomic E-state index is 13.3. The fourth-order valence-electron chi connectivity index (χ4n) is 4.00. The molecule has 4 rings (SSSR count). The number of carbonyl (C=O) groups is 2. The maximum absolute atomic E-state index is 13.3. The molecule has 184 valence electrons. The molecule has 3 aromatic rings. The molecule has 0 radical (unpaired) electrons. The van der Waals surface area contributed by atoms with Crippen LogP contribution >= 0.6 is 0 Å². The molecule has 0 spiro atoms. The molecule has 9 nitrogen and oxygen atoms in total. The Balaban J connectivity index is 1.71. The molecule has 0 saturated carbocycles. The number of fused-ring (bicyclic) bond motifs is 1. The molecule has 0 fully saturated rings. The van der Waals surface area contributed by atoms with Gasteiger partial charge in [0.05, 0.1) is 4.90 Å². The zero-order valence-electron chi connectivity index (χ0n) is 20.1. The highest BCUT2D eigenvalue weighted by atomic mass is 32.2. The Morgan fingerprint density at radius 1 is 1.17 bits per heavy atom. The molecular formula is C25H28N4O5S. The number of ether oxygens (including phenoxy) is 1. The van der Waals surface area contributed by atoms with E-state index in [2.05, 4.69) is 10.4 Å². The van der Waals surface area contributed by atoms with E-state index in [1.807, 2.05) is 13.8 Å². The van der Waals surface area contributed by atoms with Crippen molar-refractivity contribution in [1.82, 2.24) is 14.7 Å². The first kappa shape index (κ1) is 24.5. The molecule has 2 aromatic carbocycles. The number of rotatable bonds is 7. The van der Waals surface area contributed by atoms with Crippen LogP contribution in [0.4, 0.5) is 5.82 Å². The van der Waals surface area contributed by atoms with Crippen LogP contribution in [-0.2, 0) is 23.3 Å². The lowest BCUT2D eigenvalue weighted by Gasteiger charge is -2.31. The first-order chi connectivity index (χ1) is 16.5. The molecule has 2 heterocycles. The van der Waals surface area contributed by atoms with Crippen molar-refractivity contribution in [2.24, 2.45) is 13.0 Å². The van der Waals surface area contributed by atoms with Gasteiger partial charge < -0.3 is 15.0 Å². The average molecular weight is 497 g/mol. The number of carbonyl (C=O) groups excluding carboxylic acids is 2. The number of hydrogen-bond acceptors (Lipinski definition) is 6. The van der Waals surface area contributed by atoms with Gasteiger partial charge >= 0.3 is 0 Å². The fourth-order valence-corrected chi connectivity index (χ4v) is 4.63. The summed E-state index contributed by atoms with van der Waals surface area (Å²) in [6.45, 7) is 5.26. The van der Waals surface area contributed by atoms with Crippen LogP contribution < -0.4 is 10.1 Å². The summed E-state index contributed by atoms with van der Waals surface area (Å²) in [4.78, 5) is 28.3. The van der Waals surface area contributed by atoms with E-state index in [-0.39, 0.29) is 16.4 Å². The third kappa shape index (κ3) is 5.54. The van der Waals surface area contributed by atoms with E-state index in [0.29, 0.717) is 48.3 Å². The van der Waals surface area contributed by atoms with E-state index >= 15 is 0 Å². The number of aromatic nitrogens is 2. The van der Waals surface area contributed by atoms with E-state index in [1.165, 1.54) is 12.1 Å². The summed E-state index contributed by atoms with van der Waals surface area (Å²) in [5.74, 6) is 0.918. The first-order valence-electron chi connectivity index (χ1n) is 11.3. The number of sulfone groups is 1. The van der Waals surface area contributed by atoms with Gasteiger partial charge in [0.25, 0.3) is 11.8 Å². The first-order valence-corrected chi connectivity index (χ1v) is 13.2. The third-order valence-corrected chi connectivity index (χ3v) is 6.77. The van der Waals surface area contributed by atoms with Gasteiger partial charge in [-0.25, -0.2) is 8.42 Å². The lowest BCUT2D eigenvalue weighted by Crippen LogP contribution is -2.40. The predicted octanol–water partition coefficient (Wildman–Crippen LogP) is 3.52. The Labute approximate surface area is 204 Å². The summed E-state index contributed by atoms with van der Waals surface area (Å²) >= 11 is 0. The van der Waals surface area contributed by atoms with Crippen molar-refractivity contribution < 1.29 is 22.7 Å². The fraction of sp³-hybridized carbons (Fsp3) is 0.320. The van der Waals surface area contributed by atoms with E-state index in [1.54, 1.807) is 53.2 Å². The number of benzene rings is 2. The Bertz CT molecular complexity index is 1380. The molecule has 0 aliphatic carbocycles. The summed E-state index contributed by atoms with van der Waals surface area (Å²) in [6.07, 6.45) is 3.43. The van der Waals surface area contributed by atoms with E-state index in [0.717, 1.165) is 11.8 Å². The van der Waals surface area contributed by atoms with Gasteiger partial charge in [-0.3, -0.25) is 14.3 Å². The third-order valence-electron chi connectivity index (χ3n) is 5.64. The Morgan fingerprint density at radius 2 is 1.89 bits per heavy atom. The van der Waals surface area contributed by atoms with Gasteiger partial charge in [-0.05, 0) is 48.7 Å². The molecule has 0 unspecified atom stereocenters. The zero-order valence-corrected chi connectivity index (χ0v) is 20.9. The summed E-state index contributed by atoms with van der Waals surface area (Å²) in [7, 11) is -1.60. The van der Waals surface area contributed by atoms with Gasteiger partial charge in [-0.1, -0.05) is 13.8 Å². The summed E-state index contributed by atoms with van der Waals surface area (Å²) < 4.78 is 31.2. The number of anilines is 1. The monoisotopic (exact) mass is 496 g/mol. The molecule has 0 saturated heterocycles. The van der Waals surface area contributed by atoms with Crippen molar-refractivity contribution in [1.29, 1.82) is 0 Å². The Hall–Kier alpha value is -3.66. The minimum Gasteiger partial charge on any atom is -0.457 e. The predicted molar refractivity (Wildman–Crippen MR) is 132 cm³/mol. The van der Waals surface area contributed by atoms with Crippen LogP contribution in [0.2, 0.25) is 0 Å². The van der Waals surface area contributed by atoms with Crippen molar-refractivity contribution in [3.63, 3.8) is 0 Å². The van der Waals surface area contributed by atoms with Crippen LogP contribution in [0.15, 0.2) is 53.6 Å². The lowest BCUT2D eigenvalue weighted by molar-refractivity contribution is 0.0718. The number of aryl methyl sites for hydroxylation is 1. The van der Waals surface area contributed by atoms with Gasteiger partial charge in [0, 0.05) is 55.3 Å². The number of nitrogens with zero attached hydrogens (tertiary/aromatic N) is 3. The maximum Gasteiger partial charge on any atom is 0.257 e. The highest BCUT2D eigenvalue weighted by Gasteiger charge is 2.29. The molecule has 35 heavy (non-hydrogen) atoms. The lowest BCUT2D eigenvalue weighted by atomic mass is 9.94. The summed E-state index contributed by atoms with van der Waals surface area (Å²) in [6, 6.07) is 10.9. The standard InChI is InChI=1S/C25H28N4O5S/c1-16(2)15-29-12-9-20-21(25(29)31)13-17(24(30)26-23-10-11-28(3)27-23)14-22(20)34-18-5-7-19(8-6-18)35(4,32)33/h5-8,10-11,13-14,16H,9,12,15H2,1-4H3,(H,26,27,30).